The number of carbonyl (C=O) groups excluding carboxylic acids is 1. The predicted molar refractivity (Wildman–Crippen MR) is 68.5 cm³/mol. The number of halogens is 2. The number of benzene rings is 1. The van der Waals surface area contributed by atoms with Gasteiger partial charge in [0.25, 0.3) is 0 Å². The van der Waals surface area contributed by atoms with Crippen molar-refractivity contribution in [1.29, 1.82) is 0 Å². The summed E-state index contributed by atoms with van der Waals surface area (Å²) in [6.45, 7) is 5.22. The Morgan fingerprint density at radius 3 is 2.53 bits per heavy atom. The fourth-order valence-corrected chi connectivity index (χ4v) is 1.37. The Morgan fingerprint density at radius 2 is 2.06 bits per heavy atom. The fraction of sp³-hybridized carbons (Fsp3) is 0.417. The maximum Gasteiger partial charge on any atom is 0.237 e. The maximum atomic E-state index is 13.1. The lowest BCUT2D eigenvalue weighted by Crippen LogP contribution is -2.47. The lowest BCUT2D eigenvalue weighted by atomic mass is 9.94. The van der Waals surface area contributed by atoms with Crippen LogP contribution in [-0.4, -0.2) is 11.9 Å². The van der Waals surface area contributed by atoms with Gasteiger partial charge in [-0.1, -0.05) is 12.1 Å². The molecule has 1 aromatic rings. The van der Waals surface area contributed by atoms with Gasteiger partial charge < -0.3 is 11.1 Å². The van der Waals surface area contributed by atoms with E-state index in [1.165, 1.54) is 12.1 Å². The SMILES string of the molecule is C[C@H](N)C(=O)NC(C)(C)c1cccc(F)c1.Cl. The Kier molecular flexibility index (Phi) is 5.58. The molecule has 17 heavy (non-hydrogen) atoms. The molecular formula is C12H18ClFN2O. The summed E-state index contributed by atoms with van der Waals surface area (Å²) in [5, 5.41) is 2.77. The smallest absolute Gasteiger partial charge is 0.237 e. The molecule has 1 aromatic carbocycles. The van der Waals surface area contributed by atoms with Crippen LogP contribution in [0.4, 0.5) is 4.39 Å². The zero-order valence-electron chi connectivity index (χ0n) is 10.2. The van der Waals surface area contributed by atoms with Gasteiger partial charge in [-0.3, -0.25) is 4.79 Å². The number of nitrogens with one attached hydrogen (secondary N) is 1. The Hall–Kier alpha value is -1.13. The molecule has 0 aromatic heterocycles. The second-order valence-electron chi connectivity index (χ2n) is 4.41. The van der Waals surface area contributed by atoms with Crippen LogP contribution in [-0.2, 0) is 10.3 Å². The van der Waals surface area contributed by atoms with Crippen molar-refractivity contribution in [2.75, 3.05) is 0 Å². The van der Waals surface area contributed by atoms with Crippen molar-refractivity contribution in [1.82, 2.24) is 5.32 Å². The molecule has 0 spiro atoms. The third-order valence-electron chi connectivity index (χ3n) is 2.40. The number of rotatable bonds is 3. The van der Waals surface area contributed by atoms with E-state index >= 15 is 0 Å². The predicted octanol–water partition coefficient (Wildman–Crippen LogP) is 1.95. The van der Waals surface area contributed by atoms with Crippen LogP contribution in [0, 0.1) is 5.82 Å². The first kappa shape index (κ1) is 15.9. The molecular weight excluding hydrogens is 243 g/mol. The van der Waals surface area contributed by atoms with Crippen LogP contribution in [0.25, 0.3) is 0 Å². The van der Waals surface area contributed by atoms with Crippen LogP contribution in [0.1, 0.15) is 26.3 Å². The van der Waals surface area contributed by atoms with E-state index in [9.17, 15) is 9.18 Å². The highest BCUT2D eigenvalue weighted by molar-refractivity contribution is 5.85. The minimum atomic E-state index is -0.632. The molecule has 1 rings (SSSR count). The van der Waals surface area contributed by atoms with E-state index in [1.807, 2.05) is 13.8 Å². The average molecular weight is 261 g/mol. The van der Waals surface area contributed by atoms with E-state index in [2.05, 4.69) is 5.32 Å². The molecule has 1 atom stereocenters. The first-order valence-corrected chi connectivity index (χ1v) is 5.16. The summed E-state index contributed by atoms with van der Waals surface area (Å²) < 4.78 is 13.1. The molecule has 5 heteroatoms. The molecule has 0 bridgehead atoms. The third kappa shape index (κ3) is 4.32. The van der Waals surface area contributed by atoms with Gasteiger partial charge >= 0.3 is 0 Å². The maximum absolute atomic E-state index is 13.1. The monoisotopic (exact) mass is 260 g/mol. The number of hydrogen-bond acceptors (Lipinski definition) is 2. The van der Waals surface area contributed by atoms with Crippen LogP contribution < -0.4 is 11.1 Å². The average Bonchev–Trinajstić information content (AvgIpc) is 2.17. The highest BCUT2D eigenvalue weighted by Gasteiger charge is 2.24. The zero-order valence-corrected chi connectivity index (χ0v) is 11.0. The summed E-state index contributed by atoms with van der Waals surface area (Å²) in [5.74, 6) is -0.574. The van der Waals surface area contributed by atoms with Crippen molar-refractivity contribution in [2.45, 2.75) is 32.4 Å². The molecule has 0 radical (unpaired) electrons. The molecule has 0 aliphatic rings. The lowest BCUT2D eigenvalue weighted by molar-refractivity contribution is -0.123. The summed E-state index contributed by atoms with van der Waals surface area (Å²) in [6.07, 6.45) is 0. The Morgan fingerprint density at radius 1 is 1.47 bits per heavy atom. The summed E-state index contributed by atoms with van der Waals surface area (Å²) in [7, 11) is 0. The van der Waals surface area contributed by atoms with Crippen LogP contribution in [0.2, 0.25) is 0 Å². The van der Waals surface area contributed by atoms with Gasteiger partial charge in [0.2, 0.25) is 5.91 Å². The number of amides is 1. The summed E-state index contributed by atoms with van der Waals surface area (Å²) in [5.41, 5.74) is 5.54. The molecule has 0 saturated heterocycles. The van der Waals surface area contributed by atoms with E-state index in [1.54, 1.807) is 19.1 Å². The minimum Gasteiger partial charge on any atom is -0.346 e. The summed E-state index contributed by atoms with van der Waals surface area (Å²) in [4.78, 5) is 11.5. The summed E-state index contributed by atoms with van der Waals surface area (Å²) in [6, 6.07) is 5.58. The largest absolute Gasteiger partial charge is 0.346 e. The van der Waals surface area contributed by atoms with Crippen molar-refractivity contribution >= 4 is 18.3 Å². The van der Waals surface area contributed by atoms with Crippen molar-refractivity contribution in [3.8, 4) is 0 Å². The standard InChI is InChI=1S/C12H17FN2O.ClH/c1-8(14)11(16)15-12(2,3)9-5-4-6-10(13)7-9;/h4-8H,14H2,1-3H3,(H,15,16);1H/t8-;/m0./s1. The first-order chi connectivity index (χ1) is 7.33. The minimum absolute atomic E-state index is 0. The Bertz CT molecular complexity index is 394. The quantitative estimate of drug-likeness (QED) is 0.873. The van der Waals surface area contributed by atoms with Crippen molar-refractivity contribution < 1.29 is 9.18 Å². The van der Waals surface area contributed by atoms with E-state index < -0.39 is 11.6 Å². The van der Waals surface area contributed by atoms with Crippen molar-refractivity contribution in [3.63, 3.8) is 0 Å². The van der Waals surface area contributed by atoms with Gasteiger partial charge in [0.05, 0.1) is 11.6 Å². The summed E-state index contributed by atoms with van der Waals surface area (Å²) >= 11 is 0. The third-order valence-corrected chi connectivity index (χ3v) is 2.40. The number of nitrogens with two attached hydrogens (primary N) is 1. The van der Waals surface area contributed by atoms with Gasteiger partial charge in [0.1, 0.15) is 5.82 Å². The van der Waals surface area contributed by atoms with Gasteiger partial charge in [-0.05, 0) is 38.5 Å². The topological polar surface area (TPSA) is 55.1 Å². The lowest BCUT2D eigenvalue weighted by Gasteiger charge is -2.27. The highest BCUT2D eigenvalue weighted by Crippen LogP contribution is 2.20. The number of hydrogen-bond donors (Lipinski definition) is 2. The zero-order chi connectivity index (χ0) is 12.3. The van der Waals surface area contributed by atoms with Crippen LogP contribution in [0.5, 0.6) is 0 Å². The normalized spacial score (nSPS) is 12.5. The molecule has 0 fully saturated rings. The molecule has 3 N–H and O–H groups in total. The molecule has 96 valence electrons. The van der Waals surface area contributed by atoms with E-state index in [0.717, 1.165) is 0 Å². The van der Waals surface area contributed by atoms with Gasteiger partial charge in [0, 0.05) is 0 Å². The van der Waals surface area contributed by atoms with Crippen molar-refractivity contribution in [3.05, 3.63) is 35.6 Å². The van der Waals surface area contributed by atoms with Crippen LogP contribution >= 0.6 is 12.4 Å². The molecule has 0 aliphatic carbocycles. The van der Waals surface area contributed by atoms with Crippen LogP contribution in [0.3, 0.4) is 0 Å². The molecule has 0 unspecified atom stereocenters. The number of carbonyl (C=O) groups is 1. The molecule has 0 aliphatic heterocycles. The Balaban J connectivity index is 0.00000256. The second-order valence-corrected chi connectivity index (χ2v) is 4.41. The molecule has 0 heterocycles. The van der Waals surface area contributed by atoms with E-state index in [-0.39, 0.29) is 24.1 Å². The second kappa shape index (κ2) is 5.98. The Labute approximate surface area is 107 Å². The molecule has 1 amide bonds. The van der Waals surface area contributed by atoms with E-state index in [0.29, 0.717) is 5.56 Å². The van der Waals surface area contributed by atoms with E-state index in [4.69, 9.17) is 5.73 Å². The van der Waals surface area contributed by atoms with Gasteiger partial charge in [0.15, 0.2) is 0 Å². The van der Waals surface area contributed by atoms with Gasteiger partial charge in [-0.15, -0.1) is 12.4 Å². The van der Waals surface area contributed by atoms with Gasteiger partial charge in [-0.25, -0.2) is 4.39 Å². The van der Waals surface area contributed by atoms with Crippen molar-refractivity contribution in [2.24, 2.45) is 5.73 Å². The fourth-order valence-electron chi connectivity index (χ4n) is 1.37. The highest BCUT2D eigenvalue weighted by atomic mass is 35.5. The molecule has 0 saturated carbocycles. The first-order valence-electron chi connectivity index (χ1n) is 5.16. The van der Waals surface area contributed by atoms with Gasteiger partial charge in [-0.2, -0.15) is 0 Å². The van der Waals surface area contributed by atoms with Crippen LogP contribution in [0.15, 0.2) is 24.3 Å². The molecule has 3 nitrogen and oxygen atoms in total.